The van der Waals surface area contributed by atoms with Crippen LogP contribution in [0.2, 0.25) is 0 Å². The molecule has 0 saturated heterocycles. The molecule has 1 aliphatic rings. The molecule has 4 rings (SSSR count). The molecule has 1 amide bonds. The van der Waals surface area contributed by atoms with Crippen LogP contribution in [0.5, 0.6) is 5.75 Å². The van der Waals surface area contributed by atoms with Crippen LogP contribution in [0.4, 0.5) is 5.82 Å². The number of fused-ring (bicyclic) bond motifs is 1. The predicted octanol–water partition coefficient (Wildman–Crippen LogP) is 2.67. The molecule has 1 aromatic heterocycles. The summed E-state index contributed by atoms with van der Waals surface area (Å²) in [6.45, 7) is 0.708. The molecule has 0 saturated carbocycles. The number of hydrogen-bond acceptors (Lipinski definition) is 4. The van der Waals surface area contributed by atoms with Gasteiger partial charge in [-0.1, -0.05) is 29.5 Å². The molecule has 24 heavy (non-hydrogen) atoms. The third-order valence-electron chi connectivity index (χ3n) is 4.02. The number of aromatic nitrogens is 3. The van der Waals surface area contributed by atoms with Crippen molar-refractivity contribution in [3.63, 3.8) is 0 Å². The van der Waals surface area contributed by atoms with E-state index in [1.165, 1.54) is 5.56 Å². The second-order valence-electron chi connectivity index (χ2n) is 5.69. The van der Waals surface area contributed by atoms with Gasteiger partial charge in [0.15, 0.2) is 5.82 Å². The van der Waals surface area contributed by atoms with Crippen molar-refractivity contribution in [2.75, 3.05) is 11.9 Å². The van der Waals surface area contributed by atoms with Gasteiger partial charge in [-0.15, -0.1) is 5.10 Å². The van der Waals surface area contributed by atoms with Crippen molar-refractivity contribution in [1.82, 2.24) is 15.0 Å². The maximum absolute atomic E-state index is 12.4. The van der Waals surface area contributed by atoms with Crippen LogP contribution in [-0.2, 0) is 13.5 Å². The van der Waals surface area contributed by atoms with E-state index in [1.807, 2.05) is 30.3 Å². The van der Waals surface area contributed by atoms with Gasteiger partial charge in [-0.3, -0.25) is 9.48 Å². The van der Waals surface area contributed by atoms with Gasteiger partial charge in [-0.2, -0.15) is 0 Å². The lowest BCUT2D eigenvalue weighted by atomic mass is 9.96. The van der Waals surface area contributed by atoms with Gasteiger partial charge in [-0.25, -0.2) is 0 Å². The second kappa shape index (κ2) is 5.81. The Morgan fingerprint density at radius 1 is 1.25 bits per heavy atom. The number of benzene rings is 2. The Bertz CT molecular complexity index is 917. The first-order valence-corrected chi connectivity index (χ1v) is 7.73. The highest BCUT2D eigenvalue weighted by Gasteiger charge is 2.17. The zero-order valence-electron chi connectivity index (χ0n) is 13.2. The van der Waals surface area contributed by atoms with Gasteiger partial charge in [0.25, 0.3) is 5.91 Å². The lowest BCUT2D eigenvalue weighted by Crippen LogP contribution is -2.12. The SMILES string of the molecule is Cn1cc(NC(=O)c2cccc(-c3cccc4c3CCO4)c2)nn1. The summed E-state index contributed by atoms with van der Waals surface area (Å²) in [7, 11) is 1.75. The average Bonchev–Trinajstić information content (AvgIpc) is 3.23. The number of hydrogen-bond donors (Lipinski definition) is 1. The molecule has 0 unspecified atom stereocenters. The first-order chi connectivity index (χ1) is 11.7. The Morgan fingerprint density at radius 3 is 2.96 bits per heavy atom. The van der Waals surface area contributed by atoms with E-state index in [2.05, 4.69) is 21.7 Å². The number of nitrogens with one attached hydrogen (secondary N) is 1. The van der Waals surface area contributed by atoms with Crippen molar-refractivity contribution in [2.45, 2.75) is 6.42 Å². The molecule has 0 fully saturated rings. The molecule has 0 aliphatic carbocycles. The summed E-state index contributed by atoms with van der Waals surface area (Å²) >= 11 is 0. The Hall–Kier alpha value is -3.15. The number of rotatable bonds is 3. The van der Waals surface area contributed by atoms with Crippen molar-refractivity contribution in [3.05, 3.63) is 59.8 Å². The van der Waals surface area contributed by atoms with Crippen LogP contribution >= 0.6 is 0 Å². The van der Waals surface area contributed by atoms with Crippen LogP contribution in [0.3, 0.4) is 0 Å². The predicted molar refractivity (Wildman–Crippen MR) is 90.0 cm³/mol. The summed E-state index contributed by atoms with van der Waals surface area (Å²) in [6, 6.07) is 13.6. The highest BCUT2D eigenvalue weighted by atomic mass is 16.5. The monoisotopic (exact) mass is 320 g/mol. The summed E-state index contributed by atoms with van der Waals surface area (Å²) in [5.41, 5.74) is 3.89. The topological polar surface area (TPSA) is 69.0 Å². The minimum absolute atomic E-state index is 0.207. The summed E-state index contributed by atoms with van der Waals surface area (Å²) in [4.78, 5) is 12.4. The van der Waals surface area contributed by atoms with Gasteiger partial charge in [0.1, 0.15) is 5.75 Å². The molecule has 0 atom stereocenters. The molecule has 0 radical (unpaired) electrons. The van der Waals surface area contributed by atoms with Crippen LogP contribution < -0.4 is 10.1 Å². The first kappa shape index (κ1) is 14.4. The Labute approximate surface area is 139 Å². The molecular formula is C18H16N4O2. The third-order valence-corrected chi connectivity index (χ3v) is 4.02. The van der Waals surface area contributed by atoms with Crippen LogP contribution in [0.25, 0.3) is 11.1 Å². The molecule has 2 aromatic carbocycles. The summed E-state index contributed by atoms with van der Waals surface area (Å²) in [5, 5.41) is 10.4. The summed E-state index contributed by atoms with van der Waals surface area (Å²) < 4.78 is 7.16. The molecule has 1 aliphatic heterocycles. The lowest BCUT2D eigenvalue weighted by Gasteiger charge is -2.09. The molecule has 0 bridgehead atoms. The highest BCUT2D eigenvalue weighted by Crippen LogP contribution is 2.34. The Balaban J connectivity index is 1.64. The molecule has 1 N–H and O–H groups in total. The van der Waals surface area contributed by atoms with E-state index in [4.69, 9.17) is 4.74 Å². The van der Waals surface area contributed by atoms with Gasteiger partial charge in [0.2, 0.25) is 0 Å². The maximum Gasteiger partial charge on any atom is 0.256 e. The Morgan fingerprint density at radius 2 is 2.12 bits per heavy atom. The van der Waals surface area contributed by atoms with E-state index >= 15 is 0 Å². The van der Waals surface area contributed by atoms with Crippen molar-refractivity contribution in [2.24, 2.45) is 7.05 Å². The van der Waals surface area contributed by atoms with Gasteiger partial charge < -0.3 is 10.1 Å². The minimum atomic E-state index is -0.207. The molecule has 0 spiro atoms. The molecule has 120 valence electrons. The van der Waals surface area contributed by atoms with E-state index in [1.54, 1.807) is 24.0 Å². The van der Waals surface area contributed by atoms with Gasteiger partial charge in [0, 0.05) is 24.6 Å². The van der Waals surface area contributed by atoms with Crippen LogP contribution in [0, 0.1) is 0 Å². The molecule has 2 heterocycles. The van der Waals surface area contributed by atoms with Crippen LogP contribution in [-0.4, -0.2) is 27.5 Å². The first-order valence-electron chi connectivity index (χ1n) is 7.73. The van der Waals surface area contributed by atoms with E-state index < -0.39 is 0 Å². The third kappa shape index (κ3) is 2.62. The number of nitrogens with zero attached hydrogens (tertiary/aromatic N) is 3. The zero-order chi connectivity index (χ0) is 16.5. The zero-order valence-corrected chi connectivity index (χ0v) is 13.2. The number of carbonyl (C=O) groups is 1. The van der Waals surface area contributed by atoms with Crippen molar-refractivity contribution in [3.8, 4) is 16.9 Å². The van der Waals surface area contributed by atoms with E-state index in [0.29, 0.717) is 18.0 Å². The summed E-state index contributed by atoms with van der Waals surface area (Å²) in [6.07, 6.45) is 2.55. The largest absolute Gasteiger partial charge is 0.493 e. The average molecular weight is 320 g/mol. The molecule has 6 nitrogen and oxygen atoms in total. The van der Waals surface area contributed by atoms with Gasteiger partial charge in [0.05, 0.1) is 12.8 Å². The number of anilines is 1. The number of carbonyl (C=O) groups excluding carboxylic acids is 1. The second-order valence-corrected chi connectivity index (χ2v) is 5.69. The Kier molecular flexibility index (Phi) is 3.49. The lowest BCUT2D eigenvalue weighted by molar-refractivity contribution is 0.102. The van der Waals surface area contributed by atoms with Gasteiger partial charge in [-0.05, 0) is 29.3 Å². The standard InChI is InChI=1S/C18H16N4O2/c1-22-11-17(20-21-22)19-18(23)13-5-2-4-12(10-13)14-6-3-7-16-15(14)8-9-24-16/h2-7,10-11H,8-9H2,1H3,(H,19,23). The highest BCUT2D eigenvalue weighted by molar-refractivity contribution is 6.04. The fourth-order valence-electron chi connectivity index (χ4n) is 2.91. The van der Waals surface area contributed by atoms with Crippen molar-refractivity contribution >= 4 is 11.7 Å². The van der Waals surface area contributed by atoms with E-state index in [9.17, 15) is 4.79 Å². The summed E-state index contributed by atoms with van der Waals surface area (Å²) in [5.74, 6) is 1.16. The van der Waals surface area contributed by atoms with E-state index in [0.717, 1.165) is 23.3 Å². The van der Waals surface area contributed by atoms with Crippen LogP contribution in [0.1, 0.15) is 15.9 Å². The normalized spacial score (nSPS) is 12.5. The maximum atomic E-state index is 12.4. The quantitative estimate of drug-likeness (QED) is 0.805. The smallest absolute Gasteiger partial charge is 0.256 e. The molecular weight excluding hydrogens is 304 g/mol. The van der Waals surface area contributed by atoms with E-state index in [-0.39, 0.29) is 5.91 Å². The molecule has 6 heteroatoms. The van der Waals surface area contributed by atoms with Crippen molar-refractivity contribution < 1.29 is 9.53 Å². The minimum Gasteiger partial charge on any atom is -0.493 e. The number of aryl methyl sites for hydroxylation is 1. The fraction of sp³-hybridized carbons (Fsp3) is 0.167. The fourth-order valence-corrected chi connectivity index (χ4v) is 2.91. The number of amides is 1. The number of ether oxygens (including phenoxy) is 1. The van der Waals surface area contributed by atoms with Crippen LogP contribution in [0.15, 0.2) is 48.7 Å². The van der Waals surface area contributed by atoms with Gasteiger partial charge >= 0.3 is 0 Å². The van der Waals surface area contributed by atoms with Crippen molar-refractivity contribution in [1.29, 1.82) is 0 Å². The molecule has 3 aromatic rings.